The second-order valence-corrected chi connectivity index (χ2v) is 7.86. The standard InChI is InChI=1S/C20H19F2N7O/c1-28-9-13(8-25-28)14-3-2-4-15(26-14)18(30)27-16-7-17(24-12-23-16)29-6-5-19(11-29)10-20(19,21)22/h2-4,7-9,12H,5-6,10-11H2,1H3,(H,23,24,27,30). The first-order valence-electron chi connectivity index (χ1n) is 9.58. The van der Waals surface area contributed by atoms with Crippen LogP contribution in [0.4, 0.5) is 20.4 Å². The summed E-state index contributed by atoms with van der Waals surface area (Å²) in [7, 11) is 1.80. The summed E-state index contributed by atoms with van der Waals surface area (Å²) in [6.07, 6.45) is 5.18. The zero-order valence-electron chi connectivity index (χ0n) is 16.2. The van der Waals surface area contributed by atoms with Crippen LogP contribution >= 0.6 is 0 Å². The van der Waals surface area contributed by atoms with Gasteiger partial charge in [-0.15, -0.1) is 0 Å². The molecule has 5 rings (SSSR count). The van der Waals surface area contributed by atoms with Gasteiger partial charge in [-0.25, -0.2) is 23.7 Å². The van der Waals surface area contributed by atoms with Gasteiger partial charge in [-0.05, 0) is 18.6 Å². The second kappa shape index (κ2) is 6.54. The molecule has 3 aromatic heterocycles. The SMILES string of the molecule is Cn1cc(-c2cccc(C(=O)Nc3cc(N4CCC5(C4)CC5(F)F)ncn3)n2)cn1. The Bertz CT molecular complexity index is 1130. The van der Waals surface area contributed by atoms with E-state index >= 15 is 0 Å². The number of carbonyl (C=O) groups excluding carboxylic acids is 1. The first-order chi connectivity index (χ1) is 14.4. The molecule has 1 atom stereocenters. The van der Waals surface area contributed by atoms with Gasteiger partial charge in [0.1, 0.15) is 23.7 Å². The maximum Gasteiger partial charge on any atom is 0.275 e. The molecule has 2 aliphatic rings. The number of aryl methyl sites for hydroxylation is 1. The van der Waals surface area contributed by atoms with Gasteiger partial charge in [-0.2, -0.15) is 5.10 Å². The van der Waals surface area contributed by atoms with Crippen molar-refractivity contribution in [1.29, 1.82) is 0 Å². The van der Waals surface area contributed by atoms with E-state index in [1.165, 1.54) is 6.33 Å². The summed E-state index contributed by atoms with van der Waals surface area (Å²) in [6.45, 7) is 0.772. The molecule has 0 radical (unpaired) electrons. The van der Waals surface area contributed by atoms with Crippen molar-refractivity contribution >= 4 is 17.5 Å². The lowest BCUT2D eigenvalue weighted by Gasteiger charge is -2.17. The Morgan fingerprint density at radius 2 is 2.10 bits per heavy atom. The minimum atomic E-state index is -2.59. The highest BCUT2D eigenvalue weighted by molar-refractivity contribution is 6.02. The number of aromatic nitrogens is 5. The maximum atomic E-state index is 13.6. The molecule has 3 aromatic rings. The third kappa shape index (κ3) is 3.17. The van der Waals surface area contributed by atoms with Crippen LogP contribution in [0, 0.1) is 5.41 Å². The monoisotopic (exact) mass is 411 g/mol. The molecule has 1 saturated heterocycles. The summed E-state index contributed by atoms with van der Waals surface area (Å²) in [5.74, 6) is -2.19. The third-order valence-corrected chi connectivity index (χ3v) is 5.77. The van der Waals surface area contributed by atoms with Gasteiger partial charge < -0.3 is 10.2 Å². The van der Waals surface area contributed by atoms with Crippen LogP contribution in [0.15, 0.2) is 43.0 Å². The minimum absolute atomic E-state index is 0.0654. The Morgan fingerprint density at radius 1 is 1.27 bits per heavy atom. The van der Waals surface area contributed by atoms with Gasteiger partial charge in [0.2, 0.25) is 0 Å². The highest BCUT2D eigenvalue weighted by atomic mass is 19.3. The number of halogens is 2. The first-order valence-corrected chi connectivity index (χ1v) is 9.58. The van der Waals surface area contributed by atoms with Crippen molar-refractivity contribution in [2.45, 2.75) is 18.8 Å². The maximum absolute atomic E-state index is 13.6. The number of pyridine rings is 1. The quantitative estimate of drug-likeness (QED) is 0.710. The molecule has 1 saturated carbocycles. The minimum Gasteiger partial charge on any atom is -0.356 e. The summed E-state index contributed by atoms with van der Waals surface area (Å²) in [5.41, 5.74) is 0.746. The zero-order chi connectivity index (χ0) is 20.9. The van der Waals surface area contributed by atoms with Crippen molar-refractivity contribution in [1.82, 2.24) is 24.7 Å². The number of amides is 1. The summed E-state index contributed by atoms with van der Waals surface area (Å²) in [6, 6.07) is 6.75. The molecule has 1 amide bonds. The van der Waals surface area contributed by atoms with Crippen molar-refractivity contribution in [3.63, 3.8) is 0 Å². The average molecular weight is 411 g/mol. The Hall–Kier alpha value is -3.43. The molecule has 8 nitrogen and oxygen atoms in total. The van der Waals surface area contributed by atoms with Crippen LogP contribution in [0.25, 0.3) is 11.3 Å². The molecule has 1 aliphatic carbocycles. The van der Waals surface area contributed by atoms with Gasteiger partial charge in [0.05, 0.1) is 17.3 Å². The Balaban J connectivity index is 1.31. The van der Waals surface area contributed by atoms with Crippen molar-refractivity contribution in [2.24, 2.45) is 12.5 Å². The molecule has 1 N–H and O–H groups in total. The highest BCUT2D eigenvalue weighted by Crippen LogP contribution is 2.65. The molecule has 1 spiro atoms. The summed E-state index contributed by atoms with van der Waals surface area (Å²) in [5, 5.41) is 6.82. The fourth-order valence-corrected chi connectivity index (χ4v) is 3.94. The molecule has 1 aliphatic heterocycles. The van der Waals surface area contributed by atoms with Crippen molar-refractivity contribution < 1.29 is 13.6 Å². The van der Waals surface area contributed by atoms with E-state index in [0.29, 0.717) is 30.3 Å². The number of nitrogens with one attached hydrogen (secondary N) is 1. The molecule has 10 heteroatoms. The van der Waals surface area contributed by atoms with Crippen LogP contribution in [0.3, 0.4) is 0 Å². The normalized spacial score (nSPS) is 21.8. The van der Waals surface area contributed by atoms with E-state index in [9.17, 15) is 13.6 Å². The van der Waals surface area contributed by atoms with E-state index in [0.717, 1.165) is 5.56 Å². The van der Waals surface area contributed by atoms with Crippen LogP contribution in [0.5, 0.6) is 0 Å². The molecule has 154 valence electrons. The summed E-state index contributed by atoms with van der Waals surface area (Å²) < 4.78 is 29.0. The zero-order valence-corrected chi connectivity index (χ0v) is 16.2. The van der Waals surface area contributed by atoms with Gasteiger partial charge >= 0.3 is 0 Å². The molecule has 0 aromatic carbocycles. The van der Waals surface area contributed by atoms with Crippen LogP contribution in [0.2, 0.25) is 0 Å². The number of carbonyl (C=O) groups is 1. The Morgan fingerprint density at radius 3 is 2.80 bits per heavy atom. The lowest BCUT2D eigenvalue weighted by Crippen LogP contribution is -2.23. The van der Waals surface area contributed by atoms with Crippen molar-refractivity contribution in [3.05, 3.63) is 48.7 Å². The van der Waals surface area contributed by atoms with Gasteiger partial charge in [0, 0.05) is 44.4 Å². The lowest BCUT2D eigenvalue weighted by molar-refractivity contribution is 0.0711. The van der Waals surface area contributed by atoms with E-state index in [1.54, 1.807) is 42.2 Å². The molecular weight excluding hydrogens is 392 g/mol. The van der Waals surface area contributed by atoms with Crippen molar-refractivity contribution in [2.75, 3.05) is 23.3 Å². The number of nitrogens with zero attached hydrogens (tertiary/aromatic N) is 6. The molecule has 30 heavy (non-hydrogen) atoms. The number of rotatable bonds is 4. The molecular formula is C20H19F2N7O. The van der Waals surface area contributed by atoms with E-state index in [4.69, 9.17) is 0 Å². The van der Waals surface area contributed by atoms with Gasteiger partial charge in [0.15, 0.2) is 0 Å². The number of alkyl halides is 2. The second-order valence-electron chi connectivity index (χ2n) is 7.86. The lowest BCUT2D eigenvalue weighted by atomic mass is 10.1. The van der Waals surface area contributed by atoms with Crippen LogP contribution in [-0.2, 0) is 7.05 Å². The van der Waals surface area contributed by atoms with Crippen molar-refractivity contribution in [3.8, 4) is 11.3 Å². The predicted molar refractivity (Wildman–Crippen MR) is 105 cm³/mol. The van der Waals surface area contributed by atoms with E-state index < -0.39 is 17.2 Å². The van der Waals surface area contributed by atoms with Gasteiger partial charge in [-0.3, -0.25) is 9.48 Å². The van der Waals surface area contributed by atoms with Gasteiger partial charge in [-0.1, -0.05) is 6.07 Å². The number of hydrogen-bond donors (Lipinski definition) is 1. The van der Waals surface area contributed by atoms with E-state index in [-0.39, 0.29) is 18.7 Å². The largest absolute Gasteiger partial charge is 0.356 e. The number of anilines is 2. The molecule has 1 unspecified atom stereocenters. The third-order valence-electron chi connectivity index (χ3n) is 5.77. The smallest absolute Gasteiger partial charge is 0.275 e. The predicted octanol–water partition coefficient (Wildman–Crippen LogP) is 2.76. The fourth-order valence-electron chi connectivity index (χ4n) is 3.94. The van der Waals surface area contributed by atoms with E-state index in [1.807, 2.05) is 11.1 Å². The highest BCUT2D eigenvalue weighted by Gasteiger charge is 2.72. The molecule has 4 heterocycles. The molecule has 0 bridgehead atoms. The first kappa shape index (κ1) is 18.6. The topological polar surface area (TPSA) is 88.8 Å². The number of hydrogen-bond acceptors (Lipinski definition) is 6. The van der Waals surface area contributed by atoms with Crippen LogP contribution in [0.1, 0.15) is 23.3 Å². The van der Waals surface area contributed by atoms with Crippen LogP contribution < -0.4 is 10.2 Å². The van der Waals surface area contributed by atoms with E-state index in [2.05, 4.69) is 25.4 Å². The molecule has 2 fully saturated rings. The average Bonchev–Trinajstić information content (AvgIpc) is 3.10. The fraction of sp³-hybridized carbons (Fsp3) is 0.350. The summed E-state index contributed by atoms with van der Waals surface area (Å²) >= 11 is 0. The Labute approximate surface area is 171 Å². The summed E-state index contributed by atoms with van der Waals surface area (Å²) in [4.78, 5) is 27.2. The Kier molecular flexibility index (Phi) is 4.05. The van der Waals surface area contributed by atoms with Crippen LogP contribution in [-0.4, -0.2) is 49.7 Å². The van der Waals surface area contributed by atoms with Gasteiger partial charge in [0.25, 0.3) is 11.8 Å².